The molecule has 0 aromatic rings. The summed E-state index contributed by atoms with van der Waals surface area (Å²) in [5.74, 6) is -0.925. The summed E-state index contributed by atoms with van der Waals surface area (Å²) in [6.45, 7) is 2.38. The molecule has 2 aliphatic rings. The van der Waals surface area contributed by atoms with Crippen LogP contribution in [0.25, 0.3) is 0 Å². The summed E-state index contributed by atoms with van der Waals surface area (Å²) < 4.78 is 5.23. The Bertz CT molecular complexity index is 362. The summed E-state index contributed by atoms with van der Waals surface area (Å²) >= 11 is 0. The second kappa shape index (κ2) is 5.49. The second-order valence-corrected chi connectivity index (χ2v) is 6.03. The first kappa shape index (κ1) is 14.3. The number of carbonyl (C=O) groups excluding carboxylic acids is 1. The highest BCUT2D eigenvalue weighted by Gasteiger charge is 2.46. The Labute approximate surface area is 113 Å². The average molecular weight is 269 g/mol. The van der Waals surface area contributed by atoms with E-state index < -0.39 is 12.0 Å². The highest BCUT2D eigenvalue weighted by atomic mass is 16.5. The summed E-state index contributed by atoms with van der Waals surface area (Å²) in [5.41, 5.74) is -0.380. The van der Waals surface area contributed by atoms with E-state index in [1.54, 1.807) is 7.11 Å². The Hall–Kier alpha value is -1.10. The van der Waals surface area contributed by atoms with E-state index in [0.29, 0.717) is 13.0 Å². The van der Waals surface area contributed by atoms with Crippen LogP contribution in [0.15, 0.2) is 0 Å². The van der Waals surface area contributed by atoms with Crippen LogP contribution in [0.1, 0.15) is 45.4 Å². The van der Waals surface area contributed by atoms with E-state index in [1.807, 2.05) is 6.92 Å². The summed E-state index contributed by atoms with van der Waals surface area (Å²) in [6.07, 6.45) is 5.26. The third-order valence-electron chi connectivity index (χ3n) is 4.62. The van der Waals surface area contributed by atoms with Crippen molar-refractivity contribution in [2.45, 2.75) is 57.6 Å². The van der Waals surface area contributed by atoms with E-state index in [1.165, 1.54) is 11.3 Å². The first-order valence-electron chi connectivity index (χ1n) is 7.04. The summed E-state index contributed by atoms with van der Waals surface area (Å²) in [7, 11) is 1.57. The standard InChI is InChI=1S/C14H23NO4/c1-14(6-4-3-5-7-14)13(18)15-9-10(19-2)8-11(15)12(16)17/h10-11H,3-9H2,1-2H3,(H,16,17). The third-order valence-corrected chi connectivity index (χ3v) is 4.62. The van der Waals surface area contributed by atoms with E-state index in [0.717, 1.165) is 25.7 Å². The van der Waals surface area contributed by atoms with Gasteiger partial charge in [0.15, 0.2) is 0 Å². The minimum atomic E-state index is -0.924. The van der Waals surface area contributed by atoms with Crippen LogP contribution >= 0.6 is 0 Å². The smallest absolute Gasteiger partial charge is 0.326 e. The zero-order chi connectivity index (χ0) is 14.0. The second-order valence-electron chi connectivity index (χ2n) is 6.03. The van der Waals surface area contributed by atoms with E-state index in [2.05, 4.69) is 0 Å². The van der Waals surface area contributed by atoms with Crippen LogP contribution in [0, 0.1) is 5.41 Å². The van der Waals surface area contributed by atoms with Crippen molar-refractivity contribution in [3.05, 3.63) is 0 Å². The minimum Gasteiger partial charge on any atom is -0.480 e. The van der Waals surface area contributed by atoms with Gasteiger partial charge in [-0.25, -0.2) is 4.79 Å². The van der Waals surface area contributed by atoms with Gasteiger partial charge in [0.2, 0.25) is 5.91 Å². The molecule has 2 fully saturated rings. The van der Waals surface area contributed by atoms with Crippen molar-refractivity contribution in [3.63, 3.8) is 0 Å². The quantitative estimate of drug-likeness (QED) is 0.846. The van der Waals surface area contributed by atoms with Gasteiger partial charge in [-0.2, -0.15) is 0 Å². The zero-order valence-electron chi connectivity index (χ0n) is 11.7. The van der Waals surface area contributed by atoms with Crippen LogP contribution in [0.3, 0.4) is 0 Å². The molecule has 1 saturated heterocycles. The lowest BCUT2D eigenvalue weighted by atomic mass is 9.74. The Balaban J connectivity index is 2.14. The molecule has 2 atom stereocenters. The molecule has 5 heteroatoms. The maximum atomic E-state index is 12.7. The molecule has 0 bridgehead atoms. The molecule has 19 heavy (non-hydrogen) atoms. The average Bonchev–Trinajstić information content (AvgIpc) is 2.83. The normalized spacial score (nSPS) is 30.3. The van der Waals surface area contributed by atoms with Gasteiger partial charge >= 0.3 is 5.97 Å². The largest absolute Gasteiger partial charge is 0.480 e. The third kappa shape index (κ3) is 2.76. The molecule has 2 unspecified atom stereocenters. The Morgan fingerprint density at radius 3 is 2.42 bits per heavy atom. The monoisotopic (exact) mass is 269 g/mol. The van der Waals surface area contributed by atoms with Crippen LogP contribution in [0.5, 0.6) is 0 Å². The van der Waals surface area contributed by atoms with Crippen molar-refractivity contribution < 1.29 is 19.4 Å². The molecule has 1 N–H and O–H groups in total. The molecule has 1 saturated carbocycles. The number of carboxylic acids is 1. The Morgan fingerprint density at radius 1 is 1.26 bits per heavy atom. The van der Waals surface area contributed by atoms with Gasteiger partial charge in [-0.15, -0.1) is 0 Å². The van der Waals surface area contributed by atoms with Gasteiger partial charge in [0.25, 0.3) is 0 Å². The van der Waals surface area contributed by atoms with E-state index >= 15 is 0 Å². The van der Waals surface area contributed by atoms with Gasteiger partial charge < -0.3 is 14.7 Å². The SMILES string of the molecule is COC1CC(C(=O)O)N(C(=O)C2(C)CCCCC2)C1. The molecular formula is C14H23NO4. The van der Waals surface area contributed by atoms with Crippen molar-refractivity contribution in [3.8, 4) is 0 Å². The predicted octanol–water partition coefficient (Wildman–Crippen LogP) is 1.66. The van der Waals surface area contributed by atoms with Crippen molar-refractivity contribution in [2.75, 3.05) is 13.7 Å². The van der Waals surface area contributed by atoms with Gasteiger partial charge in [0, 0.05) is 25.5 Å². The summed E-state index contributed by atoms with van der Waals surface area (Å²) in [6, 6.07) is -0.726. The fourth-order valence-electron chi connectivity index (χ4n) is 3.32. The molecule has 1 aliphatic heterocycles. The molecule has 0 radical (unpaired) electrons. The lowest BCUT2D eigenvalue weighted by Gasteiger charge is -2.37. The molecular weight excluding hydrogens is 246 g/mol. The van der Waals surface area contributed by atoms with Crippen molar-refractivity contribution >= 4 is 11.9 Å². The number of carboxylic acid groups (broad SMARTS) is 1. The predicted molar refractivity (Wildman–Crippen MR) is 69.7 cm³/mol. The van der Waals surface area contributed by atoms with Gasteiger partial charge in [-0.05, 0) is 12.8 Å². The number of methoxy groups -OCH3 is 1. The highest BCUT2D eigenvalue weighted by molar-refractivity contribution is 5.88. The van der Waals surface area contributed by atoms with Crippen molar-refractivity contribution in [2.24, 2.45) is 5.41 Å². The lowest BCUT2D eigenvalue weighted by molar-refractivity contribution is -0.153. The van der Waals surface area contributed by atoms with E-state index in [4.69, 9.17) is 4.74 Å². The molecule has 0 aromatic carbocycles. The van der Waals surface area contributed by atoms with Crippen LogP contribution in [-0.4, -0.2) is 47.7 Å². The van der Waals surface area contributed by atoms with Gasteiger partial charge in [0.1, 0.15) is 6.04 Å². The molecule has 1 heterocycles. The maximum Gasteiger partial charge on any atom is 0.326 e. The molecule has 2 rings (SSSR count). The number of amides is 1. The number of hydrogen-bond acceptors (Lipinski definition) is 3. The van der Waals surface area contributed by atoms with E-state index in [-0.39, 0.29) is 17.4 Å². The Kier molecular flexibility index (Phi) is 4.13. The first-order chi connectivity index (χ1) is 8.98. The molecule has 1 aliphatic carbocycles. The molecule has 1 amide bonds. The van der Waals surface area contributed by atoms with Crippen molar-refractivity contribution in [1.82, 2.24) is 4.90 Å². The highest BCUT2D eigenvalue weighted by Crippen LogP contribution is 2.39. The Morgan fingerprint density at radius 2 is 1.89 bits per heavy atom. The fraction of sp³-hybridized carbons (Fsp3) is 0.857. The lowest BCUT2D eigenvalue weighted by Crippen LogP contribution is -2.48. The number of aliphatic carboxylic acids is 1. The van der Waals surface area contributed by atoms with Crippen LogP contribution < -0.4 is 0 Å². The number of nitrogens with zero attached hydrogens (tertiary/aromatic N) is 1. The van der Waals surface area contributed by atoms with Gasteiger partial charge in [0.05, 0.1) is 6.10 Å². The number of likely N-dealkylation sites (tertiary alicyclic amines) is 1. The topological polar surface area (TPSA) is 66.8 Å². The van der Waals surface area contributed by atoms with Crippen molar-refractivity contribution in [1.29, 1.82) is 0 Å². The van der Waals surface area contributed by atoms with Gasteiger partial charge in [-0.1, -0.05) is 26.2 Å². The molecule has 0 aromatic heterocycles. The van der Waals surface area contributed by atoms with E-state index in [9.17, 15) is 14.7 Å². The number of hydrogen-bond donors (Lipinski definition) is 1. The van der Waals surface area contributed by atoms with Crippen LogP contribution in [0.4, 0.5) is 0 Å². The molecule has 5 nitrogen and oxygen atoms in total. The van der Waals surface area contributed by atoms with Crippen LogP contribution in [-0.2, 0) is 14.3 Å². The summed E-state index contributed by atoms with van der Waals surface area (Å²) in [4.78, 5) is 25.6. The maximum absolute atomic E-state index is 12.7. The number of rotatable bonds is 3. The molecule has 0 spiro atoms. The first-order valence-corrected chi connectivity index (χ1v) is 7.04. The van der Waals surface area contributed by atoms with Gasteiger partial charge in [-0.3, -0.25) is 4.79 Å². The fourth-order valence-corrected chi connectivity index (χ4v) is 3.32. The molecule has 108 valence electrons. The minimum absolute atomic E-state index is 0.000787. The number of ether oxygens (including phenoxy) is 1. The zero-order valence-corrected chi connectivity index (χ0v) is 11.7. The summed E-state index contributed by atoms with van der Waals surface area (Å²) in [5, 5.41) is 9.28. The van der Waals surface area contributed by atoms with Crippen LogP contribution in [0.2, 0.25) is 0 Å². The number of carbonyl (C=O) groups is 2.